The molecule has 2 aromatic carbocycles. The van der Waals surface area contributed by atoms with E-state index in [9.17, 15) is 13.2 Å². The second-order valence-corrected chi connectivity index (χ2v) is 10.5. The maximum Gasteiger partial charge on any atom is 0.243 e. The van der Waals surface area contributed by atoms with Crippen molar-refractivity contribution in [2.75, 3.05) is 25.0 Å². The van der Waals surface area contributed by atoms with E-state index in [1.165, 1.54) is 4.31 Å². The van der Waals surface area contributed by atoms with Crippen molar-refractivity contribution in [2.45, 2.75) is 44.0 Å². The highest BCUT2D eigenvalue weighted by atomic mass is 35.5. The van der Waals surface area contributed by atoms with Gasteiger partial charge < -0.3 is 10.6 Å². The van der Waals surface area contributed by atoms with Gasteiger partial charge >= 0.3 is 0 Å². The Kier molecular flexibility index (Phi) is 7.99. The molecule has 2 aromatic rings. The molecule has 2 N–H and O–H groups in total. The van der Waals surface area contributed by atoms with Crippen LogP contribution in [-0.4, -0.2) is 38.3 Å². The van der Waals surface area contributed by atoms with Crippen LogP contribution in [-0.2, 0) is 14.8 Å². The lowest BCUT2D eigenvalue weighted by Gasteiger charge is -2.26. The van der Waals surface area contributed by atoms with E-state index in [1.807, 2.05) is 19.9 Å². The number of nitrogens with one attached hydrogen (secondary N) is 2. The van der Waals surface area contributed by atoms with Crippen molar-refractivity contribution >= 4 is 44.8 Å². The van der Waals surface area contributed by atoms with E-state index < -0.39 is 10.0 Å². The first-order chi connectivity index (χ1) is 14.7. The zero-order valence-corrected chi connectivity index (χ0v) is 19.9. The average Bonchev–Trinajstić information content (AvgIpc) is 2.76. The number of hydrogen-bond acceptors (Lipinski definition) is 4. The fraction of sp³-hybridized carbons (Fsp3) is 0.409. The van der Waals surface area contributed by atoms with Crippen LogP contribution in [0.15, 0.2) is 41.3 Å². The van der Waals surface area contributed by atoms with E-state index in [0.717, 1.165) is 30.4 Å². The molecule has 0 unspecified atom stereocenters. The number of amides is 1. The predicted octanol–water partition coefficient (Wildman–Crippen LogP) is 4.77. The largest absolute Gasteiger partial charge is 0.325 e. The molecule has 1 aliphatic rings. The second-order valence-electron chi connectivity index (χ2n) is 7.77. The van der Waals surface area contributed by atoms with Crippen molar-refractivity contribution in [1.82, 2.24) is 9.62 Å². The smallest absolute Gasteiger partial charge is 0.243 e. The Balaban J connectivity index is 1.65. The fourth-order valence-corrected chi connectivity index (χ4v) is 5.34. The molecule has 0 bridgehead atoms. The number of piperidine rings is 1. The standard InChI is InChI=1S/C22H27Cl2N3O3S/c1-15-6-8-18(31(29,30)27-10-4-3-5-11-27)13-21(15)26-22(28)14-25-16(2)17-7-9-19(23)20(24)12-17/h6-9,12-13,16,25H,3-5,10-11,14H2,1-2H3,(H,26,28)/t16-/m0/s1. The van der Waals surface area contributed by atoms with Crippen molar-refractivity contribution in [3.63, 3.8) is 0 Å². The lowest BCUT2D eigenvalue weighted by atomic mass is 10.1. The third-order valence-corrected chi connectivity index (χ3v) is 8.08. The first-order valence-electron chi connectivity index (χ1n) is 10.3. The maximum atomic E-state index is 12.9. The van der Waals surface area contributed by atoms with Crippen molar-refractivity contribution in [2.24, 2.45) is 0 Å². The molecule has 0 aromatic heterocycles. The molecule has 1 saturated heterocycles. The van der Waals surface area contributed by atoms with Gasteiger partial charge in [0, 0.05) is 24.8 Å². The Bertz CT molecular complexity index is 1050. The molecule has 0 aliphatic carbocycles. The molecule has 1 fully saturated rings. The normalized spacial score (nSPS) is 16.1. The van der Waals surface area contributed by atoms with Gasteiger partial charge in [-0.05, 0) is 62.1 Å². The number of carbonyl (C=O) groups excluding carboxylic acids is 1. The summed E-state index contributed by atoms with van der Waals surface area (Å²) in [5, 5.41) is 6.90. The molecular formula is C22H27Cl2N3O3S. The van der Waals surface area contributed by atoms with E-state index in [1.54, 1.807) is 30.3 Å². The molecule has 9 heteroatoms. The Morgan fingerprint density at radius 2 is 1.77 bits per heavy atom. The van der Waals surface area contributed by atoms with Gasteiger partial charge in [-0.15, -0.1) is 0 Å². The van der Waals surface area contributed by atoms with Gasteiger partial charge in [0.25, 0.3) is 0 Å². The molecular weight excluding hydrogens is 457 g/mol. The third kappa shape index (κ3) is 5.99. The number of aryl methyl sites for hydroxylation is 1. The number of anilines is 1. The minimum atomic E-state index is -3.56. The van der Waals surface area contributed by atoms with Gasteiger partial charge in [0.05, 0.1) is 21.5 Å². The number of carbonyl (C=O) groups is 1. The summed E-state index contributed by atoms with van der Waals surface area (Å²) in [5.74, 6) is -0.262. The highest BCUT2D eigenvalue weighted by Crippen LogP contribution is 2.26. The summed E-state index contributed by atoms with van der Waals surface area (Å²) in [5.41, 5.74) is 2.20. The Morgan fingerprint density at radius 3 is 2.45 bits per heavy atom. The van der Waals surface area contributed by atoms with E-state index >= 15 is 0 Å². The number of sulfonamides is 1. The van der Waals surface area contributed by atoms with Crippen molar-refractivity contribution in [3.05, 3.63) is 57.6 Å². The van der Waals surface area contributed by atoms with Crippen molar-refractivity contribution < 1.29 is 13.2 Å². The van der Waals surface area contributed by atoms with Gasteiger partial charge in [0.15, 0.2) is 0 Å². The number of hydrogen-bond donors (Lipinski definition) is 2. The zero-order chi connectivity index (χ0) is 22.6. The van der Waals surface area contributed by atoms with Crippen LogP contribution < -0.4 is 10.6 Å². The van der Waals surface area contributed by atoms with Gasteiger partial charge in [-0.1, -0.05) is 41.8 Å². The zero-order valence-electron chi connectivity index (χ0n) is 17.6. The number of rotatable bonds is 7. The van der Waals surface area contributed by atoms with Crippen LogP contribution in [0.3, 0.4) is 0 Å². The highest BCUT2D eigenvalue weighted by Gasteiger charge is 2.26. The van der Waals surface area contributed by atoms with Crippen molar-refractivity contribution in [1.29, 1.82) is 0 Å². The van der Waals surface area contributed by atoms with Crippen LogP contribution in [0.25, 0.3) is 0 Å². The lowest BCUT2D eigenvalue weighted by Crippen LogP contribution is -2.35. The Labute approximate surface area is 194 Å². The number of benzene rings is 2. The molecule has 1 amide bonds. The van der Waals surface area contributed by atoms with Gasteiger partial charge in [0.1, 0.15) is 0 Å². The topological polar surface area (TPSA) is 78.5 Å². The summed E-state index contributed by atoms with van der Waals surface area (Å²) in [4.78, 5) is 12.7. The number of halogens is 2. The molecule has 3 rings (SSSR count). The molecule has 168 valence electrons. The van der Waals surface area contributed by atoms with E-state index in [4.69, 9.17) is 23.2 Å². The summed E-state index contributed by atoms with van der Waals surface area (Å²) < 4.78 is 27.4. The quantitative estimate of drug-likeness (QED) is 0.594. The van der Waals surface area contributed by atoms with Gasteiger partial charge in [-0.3, -0.25) is 4.79 Å². The van der Waals surface area contributed by atoms with Crippen LogP contribution in [0.5, 0.6) is 0 Å². The molecule has 31 heavy (non-hydrogen) atoms. The highest BCUT2D eigenvalue weighted by molar-refractivity contribution is 7.89. The van der Waals surface area contributed by atoms with Crippen LogP contribution in [0.1, 0.15) is 43.4 Å². The summed E-state index contributed by atoms with van der Waals surface area (Å²) in [6, 6.07) is 10.1. The summed E-state index contributed by atoms with van der Waals surface area (Å²) >= 11 is 12.0. The van der Waals surface area contributed by atoms with Gasteiger partial charge in [0.2, 0.25) is 15.9 Å². The minimum absolute atomic E-state index is 0.0595. The first-order valence-corrected chi connectivity index (χ1v) is 12.5. The predicted molar refractivity (Wildman–Crippen MR) is 125 cm³/mol. The summed E-state index contributed by atoms with van der Waals surface area (Å²) in [7, 11) is -3.56. The molecule has 0 spiro atoms. The van der Waals surface area contributed by atoms with E-state index in [0.29, 0.717) is 28.8 Å². The molecule has 1 aliphatic heterocycles. The lowest BCUT2D eigenvalue weighted by molar-refractivity contribution is -0.115. The Hall–Kier alpha value is -1.64. The molecule has 1 atom stereocenters. The van der Waals surface area contributed by atoms with Crippen LogP contribution in [0.4, 0.5) is 5.69 Å². The number of nitrogens with zero attached hydrogens (tertiary/aromatic N) is 1. The summed E-state index contributed by atoms with van der Waals surface area (Å²) in [6.07, 6.45) is 2.80. The third-order valence-electron chi connectivity index (χ3n) is 5.45. The maximum absolute atomic E-state index is 12.9. The van der Waals surface area contributed by atoms with E-state index in [-0.39, 0.29) is 23.4 Å². The van der Waals surface area contributed by atoms with Crippen LogP contribution in [0, 0.1) is 6.92 Å². The van der Waals surface area contributed by atoms with Gasteiger partial charge in [-0.25, -0.2) is 8.42 Å². The first kappa shape index (κ1) is 24.0. The van der Waals surface area contributed by atoms with Crippen LogP contribution >= 0.6 is 23.2 Å². The van der Waals surface area contributed by atoms with Gasteiger partial charge in [-0.2, -0.15) is 4.31 Å². The van der Waals surface area contributed by atoms with Crippen molar-refractivity contribution in [3.8, 4) is 0 Å². The molecule has 6 nitrogen and oxygen atoms in total. The average molecular weight is 484 g/mol. The van der Waals surface area contributed by atoms with E-state index in [2.05, 4.69) is 10.6 Å². The minimum Gasteiger partial charge on any atom is -0.325 e. The SMILES string of the molecule is Cc1ccc(S(=O)(=O)N2CCCCC2)cc1NC(=O)CN[C@@H](C)c1ccc(Cl)c(Cl)c1. The molecule has 0 radical (unpaired) electrons. The second kappa shape index (κ2) is 10.3. The fourth-order valence-electron chi connectivity index (χ4n) is 3.49. The monoisotopic (exact) mass is 483 g/mol. The van der Waals surface area contributed by atoms with Crippen LogP contribution in [0.2, 0.25) is 10.0 Å². The Morgan fingerprint density at radius 1 is 1.06 bits per heavy atom. The molecule has 0 saturated carbocycles. The summed E-state index contributed by atoms with van der Waals surface area (Å²) in [6.45, 7) is 4.88. The molecule has 1 heterocycles.